The van der Waals surface area contributed by atoms with Crippen LogP contribution in [0, 0.1) is 0 Å². The Balaban J connectivity index is 2.08. The second-order valence-corrected chi connectivity index (χ2v) is 4.66. The number of benzene rings is 1. The first-order valence-electron chi connectivity index (χ1n) is 6.39. The lowest BCUT2D eigenvalue weighted by molar-refractivity contribution is 0.532. The molecular formula is C14H22N2. The normalized spacial score (nSPS) is 16.4. The van der Waals surface area contributed by atoms with E-state index in [1.807, 2.05) is 0 Å². The molecule has 1 aliphatic rings. The lowest BCUT2D eigenvalue weighted by Gasteiger charge is -2.22. The van der Waals surface area contributed by atoms with Crippen molar-refractivity contribution in [3.05, 3.63) is 29.3 Å². The largest absolute Gasteiger partial charge is 0.385 e. The van der Waals surface area contributed by atoms with Gasteiger partial charge in [-0.2, -0.15) is 0 Å². The molecular weight excluding hydrogens is 196 g/mol. The van der Waals surface area contributed by atoms with Gasteiger partial charge in [0.05, 0.1) is 0 Å². The third kappa shape index (κ3) is 2.56. The molecule has 1 aromatic rings. The zero-order chi connectivity index (χ0) is 11.4. The van der Waals surface area contributed by atoms with E-state index in [0.717, 1.165) is 13.1 Å². The Morgan fingerprint density at radius 1 is 1.44 bits per heavy atom. The van der Waals surface area contributed by atoms with Gasteiger partial charge in [-0.05, 0) is 43.4 Å². The van der Waals surface area contributed by atoms with Gasteiger partial charge in [-0.1, -0.05) is 19.1 Å². The lowest BCUT2D eigenvalue weighted by atomic mass is 9.97. The highest BCUT2D eigenvalue weighted by Gasteiger charge is 2.12. The van der Waals surface area contributed by atoms with E-state index >= 15 is 0 Å². The average molecular weight is 218 g/mol. The fourth-order valence-electron chi connectivity index (χ4n) is 2.18. The Hall–Kier alpha value is -1.02. The number of hydrogen-bond donors (Lipinski definition) is 2. The first kappa shape index (κ1) is 11.5. The zero-order valence-corrected chi connectivity index (χ0v) is 10.3. The van der Waals surface area contributed by atoms with Crippen LogP contribution in [-0.4, -0.2) is 12.6 Å². The highest BCUT2D eigenvalue weighted by Crippen LogP contribution is 2.25. The zero-order valence-electron chi connectivity index (χ0n) is 10.3. The van der Waals surface area contributed by atoms with Crippen molar-refractivity contribution in [1.82, 2.24) is 5.32 Å². The summed E-state index contributed by atoms with van der Waals surface area (Å²) in [4.78, 5) is 0. The highest BCUT2D eigenvalue weighted by atomic mass is 14.9. The molecule has 1 aromatic carbocycles. The summed E-state index contributed by atoms with van der Waals surface area (Å²) in [6.07, 6.45) is 3.67. The van der Waals surface area contributed by atoms with Crippen LogP contribution >= 0.6 is 0 Å². The van der Waals surface area contributed by atoms with Crippen molar-refractivity contribution in [3.63, 3.8) is 0 Å². The van der Waals surface area contributed by atoms with Crippen LogP contribution < -0.4 is 10.6 Å². The number of nitrogens with one attached hydrogen (secondary N) is 2. The molecule has 2 heteroatoms. The van der Waals surface area contributed by atoms with Gasteiger partial charge in [-0.3, -0.25) is 0 Å². The Kier molecular flexibility index (Phi) is 3.83. The molecule has 0 bridgehead atoms. The standard InChI is InChI=1S/C14H22N2/c1-3-11(2)16-10-12-6-4-8-14-13(12)7-5-9-15-14/h4,6,8,11,15-16H,3,5,7,9-10H2,1-2H3. The van der Waals surface area contributed by atoms with Gasteiger partial charge in [0.15, 0.2) is 0 Å². The summed E-state index contributed by atoms with van der Waals surface area (Å²) in [6, 6.07) is 7.21. The van der Waals surface area contributed by atoms with Crippen molar-refractivity contribution in [2.45, 2.75) is 45.7 Å². The molecule has 0 aromatic heterocycles. The Morgan fingerprint density at radius 2 is 2.31 bits per heavy atom. The van der Waals surface area contributed by atoms with Gasteiger partial charge in [0, 0.05) is 24.8 Å². The maximum absolute atomic E-state index is 3.57. The van der Waals surface area contributed by atoms with Gasteiger partial charge < -0.3 is 10.6 Å². The molecule has 2 rings (SSSR count). The summed E-state index contributed by atoms with van der Waals surface area (Å²) in [5, 5.41) is 7.05. The van der Waals surface area contributed by atoms with Gasteiger partial charge >= 0.3 is 0 Å². The summed E-state index contributed by atoms with van der Waals surface area (Å²) in [5.74, 6) is 0. The highest BCUT2D eigenvalue weighted by molar-refractivity contribution is 5.56. The second kappa shape index (κ2) is 5.35. The number of fused-ring (bicyclic) bond motifs is 1. The van der Waals surface area contributed by atoms with Gasteiger partial charge in [-0.25, -0.2) is 0 Å². The molecule has 16 heavy (non-hydrogen) atoms. The lowest BCUT2D eigenvalue weighted by Crippen LogP contribution is -2.25. The molecule has 1 heterocycles. The molecule has 0 saturated heterocycles. The van der Waals surface area contributed by atoms with Gasteiger partial charge in [-0.15, -0.1) is 0 Å². The molecule has 1 unspecified atom stereocenters. The van der Waals surface area contributed by atoms with E-state index in [1.165, 1.54) is 36.1 Å². The smallest absolute Gasteiger partial charge is 0.0375 e. The molecule has 0 amide bonds. The van der Waals surface area contributed by atoms with Crippen molar-refractivity contribution in [2.75, 3.05) is 11.9 Å². The Morgan fingerprint density at radius 3 is 3.12 bits per heavy atom. The topological polar surface area (TPSA) is 24.1 Å². The van der Waals surface area contributed by atoms with Crippen LogP contribution in [0.2, 0.25) is 0 Å². The summed E-state index contributed by atoms with van der Waals surface area (Å²) in [5.41, 5.74) is 4.32. The predicted octanol–water partition coefficient (Wildman–Crippen LogP) is 2.93. The maximum atomic E-state index is 3.57. The van der Waals surface area contributed by atoms with E-state index in [4.69, 9.17) is 0 Å². The molecule has 0 radical (unpaired) electrons. The second-order valence-electron chi connectivity index (χ2n) is 4.66. The molecule has 2 N–H and O–H groups in total. The fraction of sp³-hybridized carbons (Fsp3) is 0.571. The van der Waals surface area contributed by atoms with Crippen LogP contribution in [0.5, 0.6) is 0 Å². The summed E-state index contributed by atoms with van der Waals surface area (Å²) < 4.78 is 0. The molecule has 88 valence electrons. The Bertz CT molecular complexity index is 347. The summed E-state index contributed by atoms with van der Waals surface area (Å²) >= 11 is 0. The molecule has 0 fully saturated rings. The minimum absolute atomic E-state index is 0.604. The molecule has 0 aliphatic carbocycles. The molecule has 0 spiro atoms. The summed E-state index contributed by atoms with van der Waals surface area (Å²) in [7, 11) is 0. The quantitative estimate of drug-likeness (QED) is 0.812. The van der Waals surface area contributed by atoms with Crippen LogP contribution in [0.4, 0.5) is 5.69 Å². The van der Waals surface area contributed by atoms with E-state index in [1.54, 1.807) is 0 Å². The third-order valence-electron chi connectivity index (χ3n) is 3.45. The minimum Gasteiger partial charge on any atom is -0.385 e. The van der Waals surface area contributed by atoms with Crippen LogP contribution in [0.3, 0.4) is 0 Å². The van der Waals surface area contributed by atoms with E-state index in [0.29, 0.717) is 6.04 Å². The fourth-order valence-corrected chi connectivity index (χ4v) is 2.18. The van der Waals surface area contributed by atoms with Gasteiger partial charge in [0.2, 0.25) is 0 Å². The predicted molar refractivity (Wildman–Crippen MR) is 69.8 cm³/mol. The van der Waals surface area contributed by atoms with E-state index < -0.39 is 0 Å². The van der Waals surface area contributed by atoms with Crippen molar-refractivity contribution < 1.29 is 0 Å². The van der Waals surface area contributed by atoms with Crippen molar-refractivity contribution in [2.24, 2.45) is 0 Å². The Labute approximate surface area is 98.4 Å². The van der Waals surface area contributed by atoms with E-state index in [2.05, 4.69) is 42.7 Å². The average Bonchev–Trinajstić information content (AvgIpc) is 2.35. The van der Waals surface area contributed by atoms with Crippen molar-refractivity contribution in [3.8, 4) is 0 Å². The number of anilines is 1. The molecule has 0 saturated carbocycles. The monoisotopic (exact) mass is 218 g/mol. The summed E-state index contributed by atoms with van der Waals surface area (Å²) in [6.45, 7) is 6.59. The van der Waals surface area contributed by atoms with E-state index in [9.17, 15) is 0 Å². The van der Waals surface area contributed by atoms with Crippen LogP contribution in [0.15, 0.2) is 18.2 Å². The van der Waals surface area contributed by atoms with Crippen LogP contribution in [-0.2, 0) is 13.0 Å². The molecule has 2 nitrogen and oxygen atoms in total. The van der Waals surface area contributed by atoms with Crippen LogP contribution in [0.25, 0.3) is 0 Å². The van der Waals surface area contributed by atoms with Crippen molar-refractivity contribution >= 4 is 5.69 Å². The first-order valence-corrected chi connectivity index (χ1v) is 6.39. The maximum Gasteiger partial charge on any atom is 0.0375 e. The SMILES string of the molecule is CCC(C)NCc1cccc2c1CCCN2. The van der Waals surface area contributed by atoms with E-state index in [-0.39, 0.29) is 0 Å². The van der Waals surface area contributed by atoms with Crippen molar-refractivity contribution in [1.29, 1.82) is 0 Å². The van der Waals surface area contributed by atoms with Gasteiger partial charge in [0.25, 0.3) is 0 Å². The molecule has 1 atom stereocenters. The first-order chi connectivity index (χ1) is 7.81. The number of hydrogen-bond acceptors (Lipinski definition) is 2. The van der Waals surface area contributed by atoms with Crippen LogP contribution in [0.1, 0.15) is 37.8 Å². The van der Waals surface area contributed by atoms with Gasteiger partial charge in [0.1, 0.15) is 0 Å². The third-order valence-corrected chi connectivity index (χ3v) is 3.45. The number of rotatable bonds is 4. The minimum atomic E-state index is 0.604. The molecule has 1 aliphatic heterocycles.